The van der Waals surface area contributed by atoms with E-state index in [1.807, 2.05) is 0 Å². The van der Waals surface area contributed by atoms with Crippen molar-refractivity contribution in [2.45, 2.75) is 58.8 Å². The van der Waals surface area contributed by atoms with Crippen molar-refractivity contribution >= 4 is 52.8 Å². The number of aliphatic carboxylic acids is 4. The average Bonchev–Trinajstić information content (AvgIpc) is 2.46. The van der Waals surface area contributed by atoms with Crippen LogP contribution < -0.4 is 15.3 Å². The van der Waals surface area contributed by atoms with Crippen molar-refractivity contribution in [1.29, 1.82) is 0 Å². The third kappa shape index (κ3) is 37.8. The number of Topliss-reactive ketones (excluding diaryl/α,β-unsaturated/α-hetero) is 2. The van der Waals surface area contributed by atoms with Gasteiger partial charge in [-0.05, 0) is 12.8 Å². The summed E-state index contributed by atoms with van der Waals surface area (Å²) < 4.78 is 0. The Morgan fingerprint density at radius 1 is 0.692 bits per heavy atom. The van der Waals surface area contributed by atoms with Crippen LogP contribution in [0.1, 0.15) is 58.8 Å². The van der Waals surface area contributed by atoms with E-state index in [1.54, 1.807) is 13.8 Å². The fourth-order valence-electron chi connectivity index (χ4n) is 0.956. The normalized spacial score (nSPS) is 8.38. The Balaban J connectivity index is -0.000000137. The van der Waals surface area contributed by atoms with Gasteiger partial charge in [0.2, 0.25) is 0 Å². The molecule has 0 bridgehead atoms. The van der Waals surface area contributed by atoms with Crippen LogP contribution in [0.5, 0.6) is 0 Å². The van der Waals surface area contributed by atoms with Crippen molar-refractivity contribution in [2.75, 3.05) is 0 Å². The molecule has 10 nitrogen and oxygen atoms in total. The summed E-state index contributed by atoms with van der Waals surface area (Å²) in [4.78, 5) is 59.1. The molecule has 0 rings (SSSR count). The molecule has 0 saturated heterocycles. The summed E-state index contributed by atoms with van der Waals surface area (Å²) >= 11 is 0. The third-order valence-electron chi connectivity index (χ3n) is 2.24. The van der Waals surface area contributed by atoms with Gasteiger partial charge in [-0.15, -0.1) is 0 Å². The van der Waals surface area contributed by atoms with Crippen molar-refractivity contribution in [3.05, 3.63) is 0 Å². The summed E-state index contributed by atoms with van der Waals surface area (Å²) in [7, 11) is 0. The SMILES string of the molecule is CCC(=O)CC(=O)[O-].CCC(=O)CC(=O)[O-].O=C([O-])CCCC(=O)O.[Al+3]. The zero-order chi connectivity index (χ0) is 20.4. The van der Waals surface area contributed by atoms with E-state index < -0.39 is 36.7 Å². The minimum Gasteiger partial charge on any atom is -0.550 e. The van der Waals surface area contributed by atoms with E-state index in [0.29, 0.717) is 0 Å². The molecule has 0 fully saturated rings. The molecule has 0 atom stereocenters. The number of carbonyl (C=O) groups is 6. The molecule has 0 unspecified atom stereocenters. The Hall–Kier alpha value is -2.25. The molecule has 0 aromatic rings. The molecule has 0 aliphatic rings. The molecule has 0 aromatic carbocycles. The molecular formula is C15H21AlO10. The number of rotatable bonds is 10. The van der Waals surface area contributed by atoms with Gasteiger partial charge in [0.25, 0.3) is 0 Å². The first-order valence-corrected chi connectivity index (χ1v) is 7.30. The van der Waals surface area contributed by atoms with E-state index in [0.717, 1.165) is 0 Å². The number of hydrogen-bond donors (Lipinski definition) is 1. The molecule has 0 spiro atoms. The van der Waals surface area contributed by atoms with Crippen molar-refractivity contribution < 1.29 is 49.2 Å². The molecule has 0 aliphatic heterocycles. The first-order valence-electron chi connectivity index (χ1n) is 7.30. The van der Waals surface area contributed by atoms with Gasteiger partial charge in [0, 0.05) is 50.0 Å². The second-order valence-corrected chi connectivity index (χ2v) is 4.50. The van der Waals surface area contributed by atoms with E-state index in [4.69, 9.17) is 5.11 Å². The average molecular weight is 388 g/mol. The molecule has 0 saturated carbocycles. The van der Waals surface area contributed by atoms with E-state index >= 15 is 0 Å². The summed E-state index contributed by atoms with van der Waals surface area (Å²) in [5, 5.41) is 37.0. The molecule has 26 heavy (non-hydrogen) atoms. The molecule has 11 heteroatoms. The molecule has 0 aliphatic carbocycles. The van der Waals surface area contributed by atoms with Gasteiger partial charge in [-0.3, -0.25) is 14.4 Å². The fourth-order valence-corrected chi connectivity index (χ4v) is 0.956. The number of carboxylic acids is 4. The van der Waals surface area contributed by atoms with Gasteiger partial charge in [-0.1, -0.05) is 13.8 Å². The summed E-state index contributed by atoms with van der Waals surface area (Å²) in [6.07, 6.45) is -0.479. The fraction of sp³-hybridized carbons (Fsp3) is 0.600. The maximum absolute atomic E-state index is 10.2. The Morgan fingerprint density at radius 2 is 1.04 bits per heavy atom. The first kappa shape index (κ1) is 31.5. The van der Waals surface area contributed by atoms with Crippen molar-refractivity contribution in [3.8, 4) is 0 Å². The van der Waals surface area contributed by atoms with Crippen molar-refractivity contribution in [1.82, 2.24) is 0 Å². The number of carboxylic acid groups (broad SMARTS) is 4. The maximum atomic E-state index is 10.2. The summed E-state index contributed by atoms with van der Waals surface area (Å²) in [5.41, 5.74) is 0. The molecule has 0 radical (unpaired) electrons. The van der Waals surface area contributed by atoms with Crippen LogP contribution in [0, 0.1) is 0 Å². The van der Waals surface area contributed by atoms with Crippen molar-refractivity contribution in [3.63, 3.8) is 0 Å². The molecule has 0 aromatic heterocycles. The van der Waals surface area contributed by atoms with Gasteiger partial charge in [0.1, 0.15) is 11.6 Å². The van der Waals surface area contributed by atoms with E-state index in [2.05, 4.69) is 0 Å². The van der Waals surface area contributed by atoms with Gasteiger partial charge >= 0.3 is 23.3 Å². The predicted octanol–water partition coefficient (Wildman–Crippen LogP) is -3.18. The van der Waals surface area contributed by atoms with Crippen LogP contribution in [0.4, 0.5) is 0 Å². The van der Waals surface area contributed by atoms with Crippen LogP contribution in [0.2, 0.25) is 0 Å². The van der Waals surface area contributed by atoms with Gasteiger partial charge in [0.05, 0.1) is 0 Å². The zero-order valence-electron chi connectivity index (χ0n) is 14.6. The molecule has 1 N–H and O–H groups in total. The number of ketones is 2. The molecular weight excluding hydrogens is 367 g/mol. The van der Waals surface area contributed by atoms with E-state index in [9.17, 15) is 44.1 Å². The molecule has 0 amide bonds. The Labute approximate surface area is 161 Å². The van der Waals surface area contributed by atoms with Crippen LogP contribution in [0.15, 0.2) is 0 Å². The minimum absolute atomic E-state index is 0. The van der Waals surface area contributed by atoms with Crippen LogP contribution in [0.3, 0.4) is 0 Å². The Bertz CT molecular complexity index is 431. The summed E-state index contributed by atoms with van der Waals surface area (Å²) in [6.45, 7) is 3.23. The van der Waals surface area contributed by atoms with E-state index in [1.165, 1.54) is 0 Å². The molecule has 144 valence electrons. The Morgan fingerprint density at radius 3 is 1.19 bits per heavy atom. The predicted molar refractivity (Wildman–Crippen MR) is 82.1 cm³/mol. The summed E-state index contributed by atoms with van der Waals surface area (Å²) in [6, 6.07) is 0. The smallest absolute Gasteiger partial charge is 0.550 e. The van der Waals surface area contributed by atoms with Gasteiger partial charge in [-0.25, -0.2) is 0 Å². The standard InChI is InChI=1S/C5H8O4.2C5H8O3.Al/c6-4(7)2-1-3-5(8)9;2*1-2-4(6)3-5(7)8;/h1-3H2,(H,6,7)(H,8,9);2*2-3H2,1H3,(H,7,8);/q;;;+3/p-3. The van der Waals surface area contributed by atoms with Crippen LogP contribution in [-0.2, 0) is 28.8 Å². The van der Waals surface area contributed by atoms with Crippen LogP contribution >= 0.6 is 0 Å². The zero-order valence-corrected chi connectivity index (χ0v) is 15.8. The third-order valence-corrected chi connectivity index (χ3v) is 2.24. The number of hydrogen-bond acceptors (Lipinski definition) is 9. The minimum atomic E-state index is -1.29. The largest absolute Gasteiger partial charge is 3.00 e. The Kier molecular flexibility index (Phi) is 25.2. The second-order valence-electron chi connectivity index (χ2n) is 4.50. The first-order chi connectivity index (χ1) is 11.5. The monoisotopic (exact) mass is 388 g/mol. The van der Waals surface area contributed by atoms with Gasteiger partial charge < -0.3 is 34.8 Å². The molecule has 0 heterocycles. The van der Waals surface area contributed by atoms with Crippen molar-refractivity contribution in [2.24, 2.45) is 0 Å². The van der Waals surface area contributed by atoms with Crippen LogP contribution in [0.25, 0.3) is 0 Å². The van der Waals surface area contributed by atoms with E-state index in [-0.39, 0.29) is 61.0 Å². The van der Waals surface area contributed by atoms with Gasteiger partial charge in [0.15, 0.2) is 0 Å². The second kappa shape index (κ2) is 20.8. The maximum Gasteiger partial charge on any atom is 3.00 e. The number of carbonyl (C=O) groups excluding carboxylic acids is 5. The topological polar surface area (TPSA) is 192 Å². The summed E-state index contributed by atoms with van der Waals surface area (Å²) in [5.74, 6) is -5.34. The van der Waals surface area contributed by atoms with Gasteiger partial charge in [-0.2, -0.15) is 0 Å². The quantitative estimate of drug-likeness (QED) is 0.295. The van der Waals surface area contributed by atoms with Crippen LogP contribution in [-0.4, -0.2) is 57.9 Å².